The fourth-order valence-electron chi connectivity index (χ4n) is 2.44. The largest absolute Gasteiger partial charge is 0.331 e. The summed E-state index contributed by atoms with van der Waals surface area (Å²) in [5.41, 5.74) is 5.09. The number of hydrazine groups is 1. The van der Waals surface area contributed by atoms with E-state index in [-0.39, 0.29) is 6.04 Å². The third kappa shape index (κ3) is 2.35. The molecule has 0 fully saturated rings. The highest BCUT2D eigenvalue weighted by molar-refractivity contribution is 7.12. The first kappa shape index (κ1) is 13.3. The number of fused-ring (bicyclic) bond motifs is 1. The number of nitrogens with two attached hydrogens (primary N) is 1. The number of nitrogens with zero attached hydrogens (tertiary/aromatic N) is 2. The molecule has 2 aromatic heterocycles. The second kappa shape index (κ2) is 5.36. The molecule has 0 spiro atoms. The van der Waals surface area contributed by atoms with Gasteiger partial charge in [-0.15, -0.1) is 11.3 Å². The van der Waals surface area contributed by atoms with E-state index >= 15 is 0 Å². The van der Waals surface area contributed by atoms with Gasteiger partial charge in [0.05, 0.1) is 17.1 Å². The molecule has 0 aliphatic carbocycles. The van der Waals surface area contributed by atoms with Crippen molar-refractivity contribution in [3.63, 3.8) is 0 Å². The molecule has 3 N–H and O–H groups in total. The van der Waals surface area contributed by atoms with Crippen molar-refractivity contribution < 1.29 is 0 Å². The summed E-state index contributed by atoms with van der Waals surface area (Å²) in [6.45, 7) is 2.11. The van der Waals surface area contributed by atoms with E-state index < -0.39 is 0 Å². The number of aromatic nitrogens is 2. The molecule has 1 atom stereocenters. The van der Waals surface area contributed by atoms with Crippen LogP contribution in [0.3, 0.4) is 0 Å². The molecular weight excluding hydrogens is 268 g/mol. The van der Waals surface area contributed by atoms with E-state index in [1.54, 1.807) is 11.3 Å². The standard InChI is InChI=1S/C15H18N4S/c1-10-7-8-14(20-10)12(18-16)9-15-17-11-5-3-4-6-13(11)19(15)2/h3-8,12,18H,9,16H2,1-2H3. The van der Waals surface area contributed by atoms with Crippen molar-refractivity contribution in [3.05, 3.63) is 52.0 Å². The van der Waals surface area contributed by atoms with Gasteiger partial charge in [-0.2, -0.15) is 0 Å². The number of nitrogens with one attached hydrogen (secondary N) is 1. The lowest BCUT2D eigenvalue weighted by Crippen LogP contribution is -2.29. The highest BCUT2D eigenvalue weighted by atomic mass is 32.1. The van der Waals surface area contributed by atoms with Crippen molar-refractivity contribution in [2.75, 3.05) is 0 Å². The van der Waals surface area contributed by atoms with Gasteiger partial charge in [-0.3, -0.25) is 11.3 Å². The van der Waals surface area contributed by atoms with Crippen LogP contribution in [0.4, 0.5) is 0 Å². The Morgan fingerprint density at radius 3 is 2.75 bits per heavy atom. The third-order valence-electron chi connectivity index (χ3n) is 3.57. The van der Waals surface area contributed by atoms with Crippen LogP contribution >= 0.6 is 11.3 Å². The molecule has 0 saturated carbocycles. The molecule has 0 aliphatic heterocycles. The summed E-state index contributed by atoms with van der Waals surface area (Å²) < 4.78 is 2.14. The van der Waals surface area contributed by atoms with E-state index in [2.05, 4.69) is 42.2 Å². The molecule has 2 heterocycles. The van der Waals surface area contributed by atoms with Gasteiger partial charge in [0, 0.05) is 23.2 Å². The first-order chi connectivity index (χ1) is 9.69. The zero-order valence-corrected chi connectivity index (χ0v) is 12.4. The number of imidazole rings is 1. The quantitative estimate of drug-likeness (QED) is 0.573. The Morgan fingerprint density at radius 2 is 2.10 bits per heavy atom. The Labute approximate surface area is 122 Å². The van der Waals surface area contributed by atoms with Gasteiger partial charge in [0.15, 0.2) is 0 Å². The summed E-state index contributed by atoms with van der Waals surface area (Å²) in [4.78, 5) is 7.25. The van der Waals surface area contributed by atoms with Crippen LogP contribution < -0.4 is 11.3 Å². The molecule has 20 heavy (non-hydrogen) atoms. The Bertz CT molecular complexity index is 728. The topological polar surface area (TPSA) is 55.9 Å². The first-order valence-corrected chi connectivity index (χ1v) is 7.43. The lowest BCUT2D eigenvalue weighted by Gasteiger charge is -2.13. The van der Waals surface area contributed by atoms with E-state index in [9.17, 15) is 0 Å². The van der Waals surface area contributed by atoms with Crippen molar-refractivity contribution in [2.24, 2.45) is 12.9 Å². The molecular formula is C15H18N4S. The fourth-order valence-corrected chi connectivity index (χ4v) is 3.38. The van der Waals surface area contributed by atoms with Gasteiger partial charge < -0.3 is 4.57 Å². The van der Waals surface area contributed by atoms with E-state index in [0.717, 1.165) is 23.3 Å². The maximum atomic E-state index is 5.73. The number of para-hydroxylation sites is 2. The SMILES string of the molecule is Cc1ccc(C(Cc2nc3ccccc3n2C)NN)s1. The molecule has 3 rings (SSSR count). The minimum Gasteiger partial charge on any atom is -0.331 e. The Hall–Kier alpha value is -1.69. The van der Waals surface area contributed by atoms with Gasteiger partial charge in [0.25, 0.3) is 0 Å². The normalized spacial score (nSPS) is 12.9. The average Bonchev–Trinajstić information content (AvgIpc) is 3.01. The molecule has 0 amide bonds. The van der Waals surface area contributed by atoms with E-state index in [0.29, 0.717) is 0 Å². The first-order valence-electron chi connectivity index (χ1n) is 6.62. The summed E-state index contributed by atoms with van der Waals surface area (Å²) in [6, 6.07) is 12.5. The van der Waals surface area contributed by atoms with Crippen LogP contribution in [0, 0.1) is 6.92 Å². The lowest BCUT2D eigenvalue weighted by atomic mass is 10.1. The molecule has 0 saturated heterocycles. The molecule has 4 nitrogen and oxygen atoms in total. The summed E-state index contributed by atoms with van der Waals surface area (Å²) in [5, 5.41) is 0. The lowest BCUT2D eigenvalue weighted by molar-refractivity contribution is 0.539. The Morgan fingerprint density at radius 1 is 1.30 bits per heavy atom. The van der Waals surface area contributed by atoms with Gasteiger partial charge >= 0.3 is 0 Å². The summed E-state index contributed by atoms with van der Waals surface area (Å²) in [5.74, 6) is 6.77. The number of aryl methyl sites for hydroxylation is 2. The second-order valence-corrected chi connectivity index (χ2v) is 6.27. The van der Waals surface area contributed by atoms with Gasteiger partial charge in [0.1, 0.15) is 5.82 Å². The van der Waals surface area contributed by atoms with E-state index in [1.165, 1.54) is 9.75 Å². The Kier molecular flexibility index (Phi) is 3.56. The molecule has 5 heteroatoms. The minimum absolute atomic E-state index is 0.101. The Balaban J connectivity index is 1.93. The third-order valence-corrected chi connectivity index (χ3v) is 4.69. The van der Waals surface area contributed by atoms with Crippen molar-refractivity contribution in [2.45, 2.75) is 19.4 Å². The molecule has 3 aromatic rings. The van der Waals surface area contributed by atoms with Crippen molar-refractivity contribution >= 4 is 22.4 Å². The highest BCUT2D eigenvalue weighted by Crippen LogP contribution is 2.26. The van der Waals surface area contributed by atoms with Crippen LogP contribution in [-0.4, -0.2) is 9.55 Å². The van der Waals surface area contributed by atoms with Gasteiger partial charge in [-0.1, -0.05) is 12.1 Å². The zero-order valence-electron chi connectivity index (χ0n) is 11.6. The minimum atomic E-state index is 0.101. The predicted octanol–water partition coefficient (Wildman–Crippen LogP) is 2.69. The average molecular weight is 286 g/mol. The van der Waals surface area contributed by atoms with E-state index in [4.69, 9.17) is 10.8 Å². The molecule has 0 radical (unpaired) electrons. The maximum absolute atomic E-state index is 5.73. The van der Waals surface area contributed by atoms with Gasteiger partial charge in [-0.05, 0) is 31.2 Å². The van der Waals surface area contributed by atoms with Crippen LogP contribution in [0.15, 0.2) is 36.4 Å². The van der Waals surface area contributed by atoms with Crippen LogP contribution in [0.1, 0.15) is 21.6 Å². The van der Waals surface area contributed by atoms with Crippen molar-refractivity contribution in [1.82, 2.24) is 15.0 Å². The number of hydrogen-bond donors (Lipinski definition) is 2. The number of benzene rings is 1. The van der Waals surface area contributed by atoms with Crippen molar-refractivity contribution in [1.29, 1.82) is 0 Å². The number of thiophene rings is 1. The van der Waals surface area contributed by atoms with Crippen LogP contribution in [0.5, 0.6) is 0 Å². The number of hydrogen-bond acceptors (Lipinski definition) is 4. The molecule has 1 aromatic carbocycles. The van der Waals surface area contributed by atoms with Crippen LogP contribution in [0.25, 0.3) is 11.0 Å². The maximum Gasteiger partial charge on any atom is 0.111 e. The highest BCUT2D eigenvalue weighted by Gasteiger charge is 2.16. The molecule has 104 valence electrons. The predicted molar refractivity (Wildman–Crippen MR) is 83.5 cm³/mol. The smallest absolute Gasteiger partial charge is 0.111 e. The zero-order chi connectivity index (χ0) is 14.1. The second-order valence-electron chi connectivity index (χ2n) is 4.95. The fraction of sp³-hybridized carbons (Fsp3) is 0.267. The van der Waals surface area contributed by atoms with Crippen LogP contribution in [0.2, 0.25) is 0 Å². The van der Waals surface area contributed by atoms with Gasteiger partial charge in [-0.25, -0.2) is 4.98 Å². The molecule has 0 bridgehead atoms. The molecule has 0 aliphatic rings. The summed E-state index contributed by atoms with van der Waals surface area (Å²) >= 11 is 1.77. The summed E-state index contributed by atoms with van der Waals surface area (Å²) in [7, 11) is 2.05. The monoisotopic (exact) mass is 286 g/mol. The van der Waals surface area contributed by atoms with Crippen LogP contribution in [-0.2, 0) is 13.5 Å². The van der Waals surface area contributed by atoms with E-state index in [1.807, 2.05) is 18.2 Å². The van der Waals surface area contributed by atoms with Crippen molar-refractivity contribution in [3.8, 4) is 0 Å². The number of rotatable bonds is 4. The van der Waals surface area contributed by atoms with Gasteiger partial charge in [0.2, 0.25) is 0 Å². The summed E-state index contributed by atoms with van der Waals surface area (Å²) in [6.07, 6.45) is 0.779. The molecule has 1 unspecified atom stereocenters.